The molecule has 0 unspecified atom stereocenters. The van der Waals surface area contributed by atoms with Crippen molar-refractivity contribution in [3.05, 3.63) is 42.5 Å². The van der Waals surface area contributed by atoms with Gasteiger partial charge < -0.3 is 4.74 Å². The SMILES string of the molecule is COCCC=CCSc1ccccc1. The van der Waals surface area contributed by atoms with Crippen LogP contribution in [-0.2, 0) is 4.74 Å². The van der Waals surface area contributed by atoms with E-state index in [0.717, 1.165) is 18.8 Å². The predicted molar refractivity (Wildman–Crippen MR) is 62.8 cm³/mol. The number of hydrogen-bond acceptors (Lipinski definition) is 2. The van der Waals surface area contributed by atoms with E-state index >= 15 is 0 Å². The van der Waals surface area contributed by atoms with E-state index in [9.17, 15) is 0 Å². The van der Waals surface area contributed by atoms with Crippen molar-refractivity contribution in [3.8, 4) is 0 Å². The van der Waals surface area contributed by atoms with Crippen LogP contribution < -0.4 is 0 Å². The van der Waals surface area contributed by atoms with Crippen LogP contribution in [0.1, 0.15) is 6.42 Å². The summed E-state index contributed by atoms with van der Waals surface area (Å²) in [5.74, 6) is 1.04. The van der Waals surface area contributed by atoms with Gasteiger partial charge in [0.05, 0.1) is 0 Å². The van der Waals surface area contributed by atoms with Gasteiger partial charge in [0.2, 0.25) is 0 Å². The first kappa shape index (κ1) is 11.3. The van der Waals surface area contributed by atoms with Crippen molar-refractivity contribution in [1.82, 2.24) is 0 Å². The lowest BCUT2D eigenvalue weighted by molar-refractivity contribution is 0.204. The highest BCUT2D eigenvalue weighted by Gasteiger charge is 1.87. The number of methoxy groups -OCH3 is 1. The molecule has 0 fully saturated rings. The van der Waals surface area contributed by atoms with Crippen LogP contribution in [0.4, 0.5) is 0 Å². The summed E-state index contributed by atoms with van der Waals surface area (Å²) in [6, 6.07) is 10.4. The molecule has 0 aliphatic carbocycles. The lowest BCUT2D eigenvalue weighted by Gasteiger charge is -1.96. The Kier molecular flexibility index (Phi) is 6.20. The van der Waals surface area contributed by atoms with Gasteiger partial charge in [-0.1, -0.05) is 30.4 Å². The van der Waals surface area contributed by atoms with Crippen LogP contribution in [0.15, 0.2) is 47.4 Å². The van der Waals surface area contributed by atoms with Crippen LogP contribution in [0.25, 0.3) is 0 Å². The average Bonchev–Trinajstić information content (AvgIpc) is 2.25. The van der Waals surface area contributed by atoms with Gasteiger partial charge in [0.25, 0.3) is 0 Å². The first-order chi connectivity index (χ1) is 6.93. The molecule has 0 amide bonds. The molecule has 0 spiro atoms. The lowest BCUT2D eigenvalue weighted by Crippen LogP contribution is -1.83. The normalized spacial score (nSPS) is 10.9. The van der Waals surface area contributed by atoms with E-state index in [-0.39, 0.29) is 0 Å². The fourth-order valence-electron chi connectivity index (χ4n) is 1.03. The highest BCUT2D eigenvalue weighted by molar-refractivity contribution is 7.99. The van der Waals surface area contributed by atoms with Crippen molar-refractivity contribution in [2.75, 3.05) is 19.5 Å². The average molecular weight is 208 g/mol. The minimum Gasteiger partial charge on any atom is -0.384 e. The second-order valence-electron chi connectivity index (χ2n) is 2.88. The van der Waals surface area contributed by atoms with Crippen molar-refractivity contribution >= 4 is 11.8 Å². The van der Waals surface area contributed by atoms with Gasteiger partial charge in [-0.25, -0.2) is 0 Å². The van der Waals surface area contributed by atoms with Crippen LogP contribution >= 0.6 is 11.8 Å². The maximum Gasteiger partial charge on any atom is 0.0496 e. The van der Waals surface area contributed by atoms with Gasteiger partial charge in [-0.2, -0.15) is 0 Å². The van der Waals surface area contributed by atoms with Crippen LogP contribution in [0.2, 0.25) is 0 Å². The molecule has 0 heterocycles. The van der Waals surface area contributed by atoms with Crippen molar-refractivity contribution in [2.24, 2.45) is 0 Å². The molecule has 1 aromatic carbocycles. The van der Waals surface area contributed by atoms with E-state index in [0.29, 0.717) is 0 Å². The van der Waals surface area contributed by atoms with Gasteiger partial charge in [-0.3, -0.25) is 0 Å². The molecule has 1 nitrogen and oxygen atoms in total. The van der Waals surface area contributed by atoms with E-state index in [2.05, 4.69) is 36.4 Å². The number of hydrogen-bond donors (Lipinski definition) is 0. The Morgan fingerprint density at radius 1 is 1.21 bits per heavy atom. The maximum absolute atomic E-state index is 4.95. The molecule has 0 bridgehead atoms. The number of ether oxygens (including phenoxy) is 1. The topological polar surface area (TPSA) is 9.23 Å². The summed E-state index contributed by atoms with van der Waals surface area (Å²) in [5, 5.41) is 0. The Bertz CT molecular complexity index is 256. The Hall–Kier alpha value is -0.730. The first-order valence-corrected chi connectivity index (χ1v) is 5.74. The van der Waals surface area contributed by atoms with E-state index in [1.54, 1.807) is 7.11 Å². The molecule has 14 heavy (non-hydrogen) atoms. The van der Waals surface area contributed by atoms with Crippen molar-refractivity contribution in [1.29, 1.82) is 0 Å². The summed E-state index contributed by atoms with van der Waals surface area (Å²) in [5.41, 5.74) is 0. The zero-order valence-electron chi connectivity index (χ0n) is 8.48. The second-order valence-corrected chi connectivity index (χ2v) is 3.97. The molecule has 76 valence electrons. The highest BCUT2D eigenvalue weighted by atomic mass is 32.2. The van der Waals surface area contributed by atoms with Crippen molar-refractivity contribution in [2.45, 2.75) is 11.3 Å². The van der Waals surface area contributed by atoms with E-state index in [4.69, 9.17) is 4.74 Å². The third-order valence-electron chi connectivity index (χ3n) is 1.74. The Balaban J connectivity index is 2.12. The quantitative estimate of drug-likeness (QED) is 0.403. The van der Waals surface area contributed by atoms with E-state index in [1.807, 2.05) is 17.8 Å². The van der Waals surface area contributed by atoms with E-state index in [1.165, 1.54) is 4.90 Å². The fraction of sp³-hybridized carbons (Fsp3) is 0.333. The molecular weight excluding hydrogens is 192 g/mol. The van der Waals surface area contributed by atoms with Gasteiger partial charge in [-0.05, 0) is 18.6 Å². The molecule has 1 rings (SSSR count). The maximum atomic E-state index is 4.95. The van der Waals surface area contributed by atoms with Crippen LogP contribution in [0.5, 0.6) is 0 Å². The van der Waals surface area contributed by atoms with Crippen molar-refractivity contribution in [3.63, 3.8) is 0 Å². The molecule has 0 aromatic heterocycles. The van der Waals surface area contributed by atoms with Crippen molar-refractivity contribution < 1.29 is 4.74 Å². The van der Waals surface area contributed by atoms with Crippen LogP contribution in [0, 0.1) is 0 Å². The summed E-state index contributed by atoms with van der Waals surface area (Å²) in [6.45, 7) is 0.812. The minimum atomic E-state index is 0.812. The molecular formula is C12H16OS. The molecule has 0 N–H and O–H groups in total. The third-order valence-corrected chi connectivity index (χ3v) is 2.71. The minimum absolute atomic E-state index is 0.812. The summed E-state index contributed by atoms with van der Waals surface area (Å²) in [4.78, 5) is 1.32. The van der Waals surface area contributed by atoms with Gasteiger partial charge in [0.15, 0.2) is 0 Å². The Morgan fingerprint density at radius 3 is 2.71 bits per heavy atom. The largest absolute Gasteiger partial charge is 0.384 e. The summed E-state index contributed by atoms with van der Waals surface area (Å²) in [7, 11) is 1.73. The second kappa shape index (κ2) is 7.65. The molecule has 0 radical (unpaired) electrons. The highest BCUT2D eigenvalue weighted by Crippen LogP contribution is 2.16. The van der Waals surface area contributed by atoms with Gasteiger partial charge in [-0.15, -0.1) is 11.8 Å². The zero-order valence-corrected chi connectivity index (χ0v) is 9.30. The Morgan fingerprint density at radius 2 is 2.00 bits per heavy atom. The molecule has 1 aromatic rings. The molecule has 0 aliphatic rings. The lowest BCUT2D eigenvalue weighted by atomic mass is 10.4. The third kappa shape index (κ3) is 5.10. The van der Waals surface area contributed by atoms with Gasteiger partial charge in [0, 0.05) is 24.4 Å². The van der Waals surface area contributed by atoms with E-state index < -0.39 is 0 Å². The monoisotopic (exact) mass is 208 g/mol. The number of rotatable bonds is 6. The standard InChI is InChI=1S/C12H16OS/c1-13-10-6-3-7-11-14-12-8-4-2-5-9-12/h2-5,7-9H,6,10-11H2,1H3. The van der Waals surface area contributed by atoms with Gasteiger partial charge >= 0.3 is 0 Å². The van der Waals surface area contributed by atoms with Gasteiger partial charge in [0.1, 0.15) is 0 Å². The molecule has 0 saturated heterocycles. The number of thioether (sulfide) groups is 1. The predicted octanol–water partition coefficient (Wildman–Crippen LogP) is 3.37. The smallest absolute Gasteiger partial charge is 0.0496 e. The molecule has 0 aliphatic heterocycles. The summed E-state index contributed by atoms with van der Waals surface area (Å²) < 4.78 is 4.95. The zero-order chi connectivity index (χ0) is 10.1. The molecule has 2 heteroatoms. The fourth-order valence-corrected chi connectivity index (χ4v) is 1.81. The molecule has 0 atom stereocenters. The number of benzene rings is 1. The summed E-state index contributed by atoms with van der Waals surface area (Å²) >= 11 is 1.85. The molecule has 0 saturated carbocycles. The van der Waals surface area contributed by atoms with Crippen LogP contribution in [0.3, 0.4) is 0 Å². The summed E-state index contributed by atoms with van der Waals surface area (Å²) in [6.07, 6.45) is 5.36. The Labute approximate surface area is 90.2 Å². The first-order valence-electron chi connectivity index (χ1n) is 4.75. The van der Waals surface area contributed by atoms with Crippen LogP contribution in [-0.4, -0.2) is 19.5 Å².